The first-order chi connectivity index (χ1) is 11.0. The van der Waals surface area contributed by atoms with E-state index in [9.17, 15) is 9.59 Å². The molecule has 4 nitrogen and oxygen atoms in total. The third-order valence-corrected chi connectivity index (χ3v) is 4.36. The van der Waals surface area contributed by atoms with Crippen molar-refractivity contribution in [2.75, 3.05) is 5.75 Å². The summed E-state index contributed by atoms with van der Waals surface area (Å²) in [4.78, 5) is 24.1. The molecule has 0 saturated heterocycles. The molecule has 0 aliphatic heterocycles. The van der Waals surface area contributed by atoms with Gasteiger partial charge in [-0.3, -0.25) is 9.59 Å². The number of benzene rings is 2. The molecule has 0 fully saturated rings. The normalized spacial score (nSPS) is 11.7. The van der Waals surface area contributed by atoms with E-state index in [0.29, 0.717) is 5.02 Å². The summed E-state index contributed by atoms with van der Waals surface area (Å²) >= 11 is 7.24. The standard InChI is InChI=1S/C17H16ClNO3S/c18-13-8-6-12(7-9-13)15(10-17(21)22)19-16(20)11-23-14-4-2-1-3-5-14/h1-9,15H,10-11H2,(H,19,20)(H,21,22). The topological polar surface area (TPSA) is 66.4 Å². The minimum absolute atomic E-state index is 0.177. The summed E-state index contributed by atoms with van der Waals surface area (Å²) in [5.74, 6) is -0.950. The lowest BCUT2D eigenvalue weighted by molar-refractivity contribution is -0.137. The van der Waals surface area contributed by atoms with Crippen molar-refractivity contribution in [3.8, 4) is 0 Å². The van der Waals surface area contributed by atoms with Crippen LogP contribution in [-0.4, -0.2) is 22.7 Å². The van der Waals surface area contributed by atoms with Gasteiger partial charge in [-0.2, -0.15) is 0 Å². The van der Waals surface area contributed by atoms with E-state index in [4.69, 9.17) is 16.7 Å². The second kappa shape index (κ2) is 8.60. The first kappa shape index (κ1) is 17.4. The fourth-order valence-electron chi connectivity index (χ4n) is 2.02. The van der Waals surface area contributed by atoms with Crippen molar-refractivity contribution in [3.63, 3.8) is 0 Å². The van der Waals surface area contributed by atoms with Gasteiger partial charge in [0.25, 0.3) is 0 Å². The van der Waals surface area contributed by atoms with Crippen LogP contribution in [0.4, 0.5) is 0 Å². The summed E-state index contributed by atoms with van der Waals surface area (Å²) in [6.45, 7) is 0. The summed E-state index contributed by atoms with van der Waals surface area (Å²) in [5.41, 5.74) is 0.717. The lowest BCUT2D eigenvalue weighted by Gasteiger charge is -2.17. The highest BCUT2D eigenvalue weighted by atomic mass is 35.5. The number of nitrogens with one attached hydrogen (secondary N) is 1. The van der Waals surface area contributed by atoms with Crippen LogP contribution in [0.3, 0.4) is 0 Å². The quantitative estimate of drug-likeness (QED) is 0.747. The van der Waals surface area contributed by atoms with Crippen molar-refractivity contribution in [3.05, 3.63) is 65.2 Å². The van der Waals surface area contributed by atoms with Gasteiger partial charge in [0, 0.05) is 9.92 Å². The van der Waals surface area contributed by atoms with E-state index in [1.165, 1.54) is 11.8 Å². The average molecular weight is 350 g/mol. The molecule has 1 unspecified atom stereocenters. The van der Waals surface area contributed by atoms with Gasteiger partial charge in [-0.15, -0.1) is 11.8 Å². The maximum absolute atomic E-state index is 12.1. The highest BCUT2D eigenvalue weighted by Gasteiger charge is 2.18. The third kappa shape index (κ3) is 5.96. The van der Waals surface area contributed by atoms with Crippen molar-refractivity contribution in [2.24, 2.45) is 0 Å². The predicted octanol–water partition coefficient (Wildman–Crippen LogP) is 3.76. The average Bonchev–Trinajstić information content (AvgIpc) is 2.53. The van der Waals surface area contributed by atoms with E-state index in [0.717, 1.165) is 10.5 Å². The summed E-state index contributed by atoms with van der Waals surface area (Å²) in [5, 5.41) is 12.4. The molecular weight excluding hydrogens is 334 g/mol. The third-order valence-electron chi connectivity index (χ3n) is 3.10. The Hall–Kier alpha value is -1.98. The van der Waals surface area contributed by atoms with E-state index in [1.807, 2.05) is 30.3 Å². The van der Waals surface area contributed by atoms with Crippen molar-refractivity contribution in [1.29, 1.82) is 0 Å². The number of carbonyl (C=O) groups excluding carboxylic acids is 1. The van der Waals surface area contributed by atoms with Crippen molar-refractivity contribution < 1.29 is 14.7 Å². The minimum atomic E-state index is -0.971. The number of amides is 1. The number of hydrogen-bond donors (Lipinski definition) is 2. The molecule has 0 aliphatic rings. The van der Waals surface area contributed by atoms with Crippen LogP contribution in [0.2, 0.25) is 5.02 Å². The molecule has 2 rings (SSSR count). The second-order valence-electron chi connectivity index (χ2n) is 4.87. The van der Waals surface area contributed by atoms with Gasteiger partial charge < -0.3 is 10.4 Å². The summed E-state index contributed by atoms with van der Waals surface area (Å²) in [6, 6.07) is 15.8. The van der Waals surface area contributed by atoms with Crippen molar-refractivity contribution in [1.82, 2.24) is 5.32 Å². The molecule has 2 aromatic rings. The predicted molar refractivity (Wildman–Crippen MR) is 91.8 cm³/mol. The molecule has 2 aromatic carbocycles. The largest absolute Gasteiger partial charge is 0.481 e. The zero-order valence-electron chi connectivity index (χ0n) is 12.2. The number of rotatable bonds is 7. The Labute approximate surface area is 143 Å². The van der Waals surface area contributed by atoms with Crippen LogP contribution in [0, 0.1) is 0 Å². The van der Waals surface area contributed by atoms with E-state index in [-0.39, 0.29) is 18.1 Å². The van der Waals surface area contributed by atoms with Crippen LogP contribution in [0.5, 0.6) is 0 Å². The van der Waals surface area contributed by atoms with Gasteiger partial charge in [0.05, 0.1) is 18.2 Å². The van der Waals surface area contributed by atoms with Crippen molar-refractivity contribution in [2.45, 2.75) is 17.4 Å². The zero-order chi connectivity index (χ0) is 16.7. The highest BCUT2D eigenvalue weighted by Crippen LogP contribution is 2.21. The molecule has 1 atom stereocenters. The zero-order valence-corrected chi connectivity index (χ0v) is 13.8. The summed E-state index contributed by atoms with van der Waals surface area (Å²) < 4.78 is 0. The maximum atomic E-state index is 12.1. The Kier molecular flexibility index (Phi) is 6.50. The van der Waals surface area contributed by atoms with E-state index < -0.39 is 12.0 Å². The maximum Gasteiger partial charge on any atom is 0.305 e. The number of carbonyl (C=O) groups is 2. The second-order valence-corrected chi connectivity index (χ2v) is 6.36. The summed E-state index contributed by atoms with van der Waals surface area (Å²) in [7, 11) is 0. The molecule has 23 heavy (non-hydrogen) atoms. The van der Waals surface area contributed by atoms with Crippen LogP contribution in [-0.2, 0) is 9.59 Å². The number of thioether (sulfide) groups is 1. The number of aliphatic carboxylic acids is 1. The number of hydrogen-bond acceptors (Lipinski definition) is 3. The van der Waals surface area contributed by atoms with E-state index >= 15 is 0 Å². The Morgan fingerprint density at radius 3 is 2.35 bits per heavy atom. The molecule has 2 N–H and O–H groups in total. The molecule has 0 bridgehead atoms. The lowest BCUT2D eigenvalue weighted by Crippen LogP contribution is -2.31. The molecule has 0 aromatic heterocycles. The lowest BCUT2D eigenvalue weighted by atomic mass is 10.0. The van der Waals surface area contributed by atoms with Crippen LogP contribution in [0.1, 0.15) is 18.0 Å². The molecule has 0 radical (unpaired) electrons. The van der Waals surface area contributed by atoms with Gasteiger partial charge in [0.1, 0.15) is 0 Å². The van der Waals surface area contributed by atoms with Gasteiger partial charge in [0.2, 0.25) is 5.91 Å². The molecular formula is C17H16ClNO3S. The van der Waals surface area contributed by atoms with E-state index in [2.05, 4.69) is 5.32 Å². The molecule has 1 amide bonds. The molecule has 0 heterocycles. The van der Waals surface area contributed by atoms with Gasteiger partial charge in [0.15, 0.2) is 0 Å². The first-order valence-corrected chi connectivity index (χ1v) is 8.35. The van der Waals surface area contributed by atoms with Gasteiger partial charge in [-0.1, -0.05) is 41.9 Å². The first-order valence-electron chi connectivity index (χ1n) is 6.99. The van der Waals surface area contributed by atoms with Crippen LogP contribution < -0.4 is 5.32 Å². The fraction of sp³-hybridized carbons (Fsp3) is 0.176. The Morgan fingerprint density at radius 2 is 1.74 bits per heavy atom. The Bertz CT molecular complexity index is 661. The molecule has 0 saturated carbocycles. The Morgan fingerprint density at radius 1 is 1.09 bits per heavy atom. The van der Waals surface area contributed by atoms with Gasteiger partial charge >= 0.3 is 5.97 Å². The minimum Gasteiger partial charge on any atom is -0.481 e. The number of carboxylic acids is 1. The number of halogens is 1. The summed E-state index contributed by atoms with van der Waals surface area (Å²) in [6.07, 6.45) is -0.177. The Balaban J connectivity index is 1.98. The monoisotopic (exact) mass is 349 g/mol. The van der Waals surface area contributed by atoms with Crippen LogP contribution >= 0.6 is 23.4 Å². The highest BCUT2D eigenvalue weighted by molar-refractivity contribution is 8.00. The van der Waals surface area contributed by atoms with Crippen LogP contribution in [0.15, 0.2) is 59.5 Å². The number of carboxylic acid groups (broad SMARTS) is 1. The molecule has 0 aliphatic carbocycles. The molecule has 6 heteroatoms. The molecule has 0 spiro atoms. The smallest absolute Gasteiger partial charge is 0.305 e. The van der Waals surface area contributed by atoms with Gasteiger partial charge in [-0.05, 0) is 29.8 Å². The van der Waals surface area contributed by atoms with Crippen LogP contribution in [0.25, 0.3) is 0 Å². The SMILES string of the molecule is O=C(O)CC(NC(=O)CSc1ccccc1)c1ccc(Cl)cc1. The molecule has 120 valence electrons. The van der Waals surface area contributed by atoms with E-state index in [1.54, 1.807) is 24.3 Å². The van der Waals surface area contributed by atoms with Crippen molar-refractivity contribution >= 4 is 35.2 Å². The van der Waals surface area contributed by atoms with Gasteiger partial charge in [-0.25, -0.2) is 0 Å². The fourth-order valence-corrected chi connectivity index (χ4v) is 2.88.